The summed E-state index contributed by atoms with van der Waals surface area (Å²) in [7, 11) is 0. The van der Waals surface area contributed by atoms with Crippen LogP contribution in [0.25, 0.3) is 15.2 Å². The summed E-state index contributed by atoms with van der Waals surface area (Å²) in [6.45, 7) is 0. The van der Waals surface area contributed by atoms with E-state index in [1.54, 1.807) is 11.3 Å². The van der Waals surface area contributed by atoms with Gasteiger partial charge in [-0.15, -0.1) is 10.2 Å². The molecular formula is C17H12N4S2. The molecule has 1 unspecified atom stereocenters. The highest BCUT2D eigenvalue weighted by Crippen LogP contribution is 2.31. The van der Waals surface area contributed by atoms with Crippen molar-refractivity contribution in [2.45, 2.75) is 16.8 Å². The van der Waals surface area contributed by atoms with E-state index < -0.39 is 0 Å². The van der Waals surface area contributed by atoms with Gasteiger partial charge in [-0.1, -0.05) is 65.6 Å². The van der Waals surface area contributed by atoms with Gasteiger partial charge in [-0.2, -0.15) is 5.26 Å². The highest BCUT2D eigenvalue weighted by molar-refractivity contribution is 8.00. The van der Waals surface area contributed by atoms with Gasteiger partial charge in [0.15, 0.2) is 5.16 Å². The van der Waals surface area contributed by atoms with E-state index in [4.69, 9.17) is 0 Å². The van der Waals surface area contributed by atoms with Gasteiger partial charge < -0.3 is 0 Å². The maximum Gasteiger partial charge on any atom is 0.217 e. The van der Waals surface area contributed by atoms with Crippen LogP contribution >= 0.6 is 23.1 Å². The molecule has 1 atom stereocenters. The minimum Gasteiger partial charge on any atom is -0.260 e. The third kappa shape index (κ3) is 2.69. The maximum atomic E-state index is 9.50. The maximum absolute atomic E-state index is 9.50. The molecule has 6 heteroatoms. The van der Waals surface area contributed by atoms with Crippen LogP contribution in [0.2, 0.25) is 0 Å². The van der Waals surface area contributed by atoms with E-state index in [2.05, 4.69) is 28.4 Å². The molecule has 4 aromatic rings. The van der Waals surface area contributed by atoms with Gasteiger partial charge in [-0.05, 0) is 24.1 Å². The smallest absolute Gasteiger partial charge is 0.217 e. The van der Waals surface area contributed by atoms with Gasteiger partial charge in [0, 0.05) is 0 Å². The molecule has 0 amide bonds. The monoisotopic (exact) mass is 336 g/mol. The van der Waals surface area contributed by atoms with Crippen LogP contribution in [0.15, 0.2) is 59.8 Å². The van der Waals surface area contributed by atoms with Crippen molar-refractivity contribution in [3.8, 4) is 6.07 Å². The third-order valence-corrected chi connectivity index (χ3v) is 5.61. The zero-order valence-electron chi connectivity index (χ0n) is 12.1. The van der Waals surface area contributed by atoms with Crippen molar-refractivity contribution in [2.24, 2.45) is 0 Å². The van der Waals surface area contributed by atoms with Gasteiger partial charge in [0.05, 0.1) is 16.3 Å². The quantitative estimate of drug-likeness (QED) is 0.525. The molecule has 0 saturated carbocycles. The van der Waals surface area contributed by atoms with E-state index in [0.717, 1.165) is 21.2 Å². The SMILES string of the molecule is N#CC(Cc1ccccc1)Sc1nnc2sc3ccccc3n12. The summed E-state index contributed by atoms with van der Waals surface area (Å²) < 4.78 is 3.22. The molecule has 0 aliphatic rings. The Labute approximate surface area is 141 Å². The average Bonchev–Trinajstić information content (AvgIpc) is 3.15. The Hall–Kier alpha value is -2.36. The van der Waals surface area contributed by atoms with E-state index in [-0.39, 0.29) is 5.25 Å². The number of fused-ring (bicyclic) bond motifs is 3. The predicted octanol–water partition coefficient (Wildman–Crippen LogP) is 4.17. The van der Waals surface area contributed by atoms with Crippen LogP contribution in [-0.4, -0.2) is 19.8 Å². The van der Waals surface area contributed by atoms with E-state index >= 15 is 0 Å². The molecule has 0 saturated heterocycles. The molecule has 0 bridgehead atoms. The Morgan fingerprint density at radius 1 is 1.09 bits per heavy atom. The zero-order chi connectivity index (χ0) is 15.6. The predicted molar refractivity (Wildman–Crippen MR) is 93.8 cm³/mol. The van der Waals surface area contributed by atoms with Crippen molar-refractivity contribution >= 4 is 38.3 Å². The van der Waals surface area contributed by atoms with E-state index in [9.17, 15) is 5.26 Å². The van der Waals surface area contributed by atoms with Crippen LogP contribution < -0.4 is 0 Å². The summed E-state index contributed by atoms with van der Waals surface area (Å²) >= 11 is 3.09. The Morgan fingerprint density at radius 2 is 1.87 bits per heavy atom. The van der Waals surface area contributed by atoms with Crippen LogP contribution in [-0.2, 0) is 6.42 Å². The summed E-state index contributed by atoms with van der Waals surface area (Å²) in [5.74, 6) is 0. The fourth-order valence-electron chi connectivity index (χ4n) is 2.50. The molecule has 0 radical (unpaired) electrons. The largest absolute Gasteiger partial charge is 0.260 e. The Morgan fingerprint density at radius 3 is 2.70 bits per heavy atom. The second-order valence-electron chi connectivity index (χ2n) is 5.10. The first-order valence-corrected chi connectivity index (χ1v) is 8.87. The lowest BCUT2D eigenvalue weighted by atomic mass is 10.1. The topological polar surface area (TPSA) is 54.0 Å². The van der Waals surface area contributed by atoms with Crippen molar-refractivity contribution in [3.05, 3.63) is 60.2 Å². The highest BCUT2D eigenvalue weighted by Gasteiger charge is 2.18. The number of hydrogen-bond donors (Lipinski definition) is 0. The normalized spacial score (nSPS) is 12.5. The number of para-hydroxylation sites is 1. The Bertz CT molecular complexity index is 998. The first-order valence-electron chi connectivity index (χ1n) is 7.18. The molecule has 2 aromatic carbocycles. The van der Waals surface area contributed by atoms with Gasteiger partial charge in [0.1, 0.15) is 5.25 Å². The van der Waals surface area contributed by atoms with Crippen molar-refractivity contribution in [1.82, 2.24) is 14.6 Å². The van der Waals surface area contributed by atoms with Crippen molar-refractivity contribution in [1.29, 1.82) is 5.26 Å². The molecule has 112 valence electrons. The fourth-order valence-corrected chi connectivity index (χ4v) is 4.48. The van der Waals surface area contributed by atoms with Gasteiger partial charge in [-0.3, -0.25) is 4.40 Å². The molecule has 0 aliphatic heterocycles. The van der Waals surface area contributed by atoms with Gasteiger partial charge in [0.25, 0.3) is 0 Å². The summed E-state index contributed by atoms with van der Waals surface area (Å²) in [6.07, 6.45) is 0.693. The average molecular weight is 336 g/mol. The van der Waals surface area contributed by atoms with Crippen LogP contribution in [0.5, 0.6) is 0 Å². The third-order valence-electron chi connectivity index (χ3n) is 3.57. The number of thiazole rings is 1. The van der Waals surface area contributed by atoms with E-state index in [1.807, 2.05) is 46.9 Å². The number of hydrogen-bond acceptors (Lipinski definition) is 5. The first kappa shape index (κ1) is 14.2. The number of benzene rings is 2. The Balaban J connectivity index is 1.67. The summed E-state index contributed by atoms with van der Waals surface area (Å²) in [4.78, 5) is 0.866. The number of nitrogens with zero attached hydrogens (tertiary/aromatic N) is 4. The highest BCUT2D eigenvalue weighted by atomic mass is 32.2. The summed E-state index contributed by atoms with van der Waals surface area (Å²) in [6, 6.07) is 20.6. The minimum atomic E-state index is -0.191. The molecule has 4 nitrogen and oxygen atoms in total. The fraction of sp³-hybridized carbons (Fsp3) is 0.118. The minimum absolute atomic E-state index is 0.191. The molecule has 0 spiro atoms. The van der Waals surface area contributed by atoms with Crippen LogP contribution in [0.3, 0.4) is 0 Å². The standard InChI is InChI=1S/C17H12N4S2/c18-11-13(10-12-6-2-1-3-7-12)22-16-19-20-17-21(16)14-8-4-5-9-15(14)23-17/h1-9,13H,10H2. The van der Waals surface area contributed by atoms with Gasteiger partial charge >= 0.3 is 0 Å². The lowest BCUT2D eigenvalue weighted by Crippen LogP contribution is -2.05. The molecule has 2 aromatic heterocycles. The second kappa shape index (κ2) is 6.03. The lowest BCUT2D eigenvalue weighted by Gasteiger charge is -2.07. The molecule has 4 rings (SSSR count). The molecule has 0 N–H and O–H groups in total. The Kier molecular flexibility index (Phi) is 3.74. The number of aromatic nitrogens is 3. The van der Waals surface area contributed by atoms with Gasteiger partial charge in [-0.25, -0.2) is 0 Å². The molecule has 2 heterocycles. The second-order valence-corrected chi connectivity index (χ2v) is 7.27. The van der Waals surface area contributed by atoms with Crippen LogP contribution in [0.1, 0.15) is 5.56 Å². The van der Waals surface area contributed by atoms with E-state index in [0.29, 0.717) is 6.42 Å². The lowest BCUT2D eigenvalue weighted by molar-refractivity contribution is 0.926. The van der Waals surface area contributed by atoms with Crippen molar-refractivity contribution < 1.29 is 0 Å². The van der Waals surface area contributed by atoms with Crippen molar-refractivity contribution in [2.75, 3.05) is 0 Å². The number of rotatable bonds is 4. The summed E-state index contributed by atoms with van der Waals surface area (Å²) in [5, 5.41) is 18.6. The van der Waals surface area contributed by atoms with E-state index in [1.165, 1.54) is 16.5 Å². The number of nitriles is 1. The molecule has 23 heavy (non-hydrogen) atoms. The summed E-state index contributed by atoms with van der Waals surface area (Å²) in [5.41, 5.74) is 2.25. The first-order chi connectivity index (χ1) is 11.3. The van der Waals surface area contributed by atoms with Crippen LogP contribution in [0.4, 0.5) is 0 Å². The van der Waals surface area contributed by atoms with Crippen molar-refractivity contribution in [3.63, 3.8) is 0 Å². The zero-order valence-corrected chi connectivity index (χ0v) is 13.7. The molecular weight excluding hydrogens is 324 g/mol. The molecule has 0 aliphatic carbocycles. The molecule has 0 fully saturated rings. The van der Waals surface area contributed by atoms with Crippen LogP contribution in [0, 0.1) is 11.3 Å². The van der Waals surface area contributed by atoms with Gasteiger partial charge in [0.2, 0.25) is 4.96 Å². The number of thioether (sulfide) groups is 1.